The quantitative estimate of drug-likeness (QED) is 0.589. The van der Waals surface area contributed by atoms with Crippen LogP contribution in [0.25, 0.3) is 11.0 Å². The fraction of sp³-hybridized carbons (Fsp3) is 0.176. The Hall–Kier alpha value is -2.57. The Morgan fingerprint density at radius 3 is 2.45 bits per heavy atom. The summed E-state index contributed by atoms with van der Waals surface area (Å²) in [5, 5.41) is 8.09. The number of alkyl halides is 3. The topological polar surface area (TPSA) is 107 Å². The third kappa shape index (κ3) is 4.89. The van der Waals surface area contributed by atoms with E-state index >= 15 is 0 Å². The van der Waals surface area contributed by atoms with Gasteiger partial charge in [-0.3, -0.25) is 4.79 Å². The van der Waals surface area contributed by atoms with Gasteiger partial charge in [0.15, 0.2) is 5.16 Å². The number of primary sulfonamides is 1. The van der Waals surface area contributed by atoms with Crippen molar-refractivity contribution < 1.29 is 26.4 Å². The van der Waals surface area contributed by atoms with Gasteiger partial charge in [-0.25, -0.2) is 18.5 Å². The molecule has 7 nitrogen and oxygen atoms in total. The first-order valence-electron chi connectivity index (χ1n) is 8.04. The number of anilines is 1. The number of benzene rings is 2. The van der Waals surface area contributed by atoms with Gasteiger partial charge in [0.25, 0.3) is 0 Å². The van der Waals surface area contributed by atoms with E-state index in [1.807, 2.05) is 0 Å². The van der Waals surface area contributed by atoms with Crippen molar-refractivity contribution in [3.05, 3.63) is 48.0 Å². The summed E-state index contributed by atoms with van der Waals surface area (Å²) in [6.45, 7) is 0. The highest BCUT2D eigenvalue weighted by molar-refractivity contribution is 7.99. The predicted molar refractivity (Wildman–Crippen MR) is 103 cm³/mol. The van der Waals surface area contributed by atoms with Crippen LogP contribution in [-0.4, -0.2) is 29.6 Å². The van der Waals surface area contributed by atoms with Crippen molar-refractivity contribution in [2.75, 3.05) is 11.1 Å². The lowest BCUT2D eigenvalue weighted by Crippen LogP contribution is -2.14. The van der Waals surface area contributed by atoms with Crippen molar-refractivity contribution in [2.45, 2.75) is 16.2 Å². The number of fused-ring (bicyclic) bond motifs is 1. The molecule has 0 saturated heterocycles. The van der Waals surface area contributed by atoms with Crippen LogP contribution in [0, 0.1) is 0 Å². The Balaban J connectivity index is 1.68. The van der Waals surface area contributed by atoms with Crippen molar-refractivity contribution in [1.29, 1.82) is 0 Å². The Morgan fingerprint density at radius 1 is 1.21 bits per heavy atom. The minimum Gasteiger partial charge on any atom is -0.325 e. The largest absolute Gasteiger partial charge is 0.416 e. The molecule has 0 atom stereocenters. The van der Waals surface area contributed by atoms with E-state index in [0.29, 0.717) is 16.2 Å². The molecule has 0 spiro atoms. The van der Waals surface area contributed by atoms with Crippen LogP contribution in [-0.2, 0) is 28.0 Å². The molecular formula is C17H15F3N4O3S2. The number of aromatic nitrogens is 2. The molecule has 0 unspecified atom stereocenters. The number of carbonyl (C=O) groups is 1. The van der Waals surface area contributed by atoms with Gasteiger partial charge in [-0.1, -0.05) is 11.8 Å². The lowest BCUT2D eigenvalue weighted by molar-refractivity contribution is -0.137. The molecule has 1 heterocycles. The number of aryl methyl sites for hydroxylation is 1. The highest BCUT2D eigenvalue weighted by Gasteiger charge is 2.30. The van der Waals surface area contributed by atoms with Crippen molar-refractivity contribution in [1.82, 2.24) is 9.55 Å². The standard InChI is InChI=1S/C17H15F3N4O3S2/c1-24-14-7-6-12(29(21,26)27)8-13(14)23-16(24)28-9-15(25)22-11-4-2-10(3-5-11)17(18,19)20/h2-8H,9H2,1H3,(H,22,25)(H2,21,26,27). The lowest BCUT2D eigenvalue weighted by atomic mass is 10.2. The van der Waals surface area contributed by atoms with E-state index in [-0.39, 0.29) is 16.3 Å². The summed E-state index contributed by atoms with van der Waals surface area (Å²) in [5.41, 5.74) is 0.502. The van der Waals surface area contributed by atoms with Gasteiger partial charge in [0, 0.05) is 12.7 Å². The molecule has 1 aromatic heterocycles. The van der Waals surface area contributed by atoms with E-state index < -0.39 is 27.7 Å². The molecule has 0 aliphatic carbocycles. The number of amides is 1. The second-order valence-electron chi connectivity index (χ2n) is 6.06. The van der Waals surface area contributed by atoms with Gasteiger partial charge in [0.05, 0.1) is 27.2 Å². The molecular weight excluding hydrogens is 429 g/mol. The first-order chi connectivity index (χ1) is 13.4. The van der Waals surface area contributed by atoms with Gasteiger partial charge in [0.1, 0.15) is 0 Å². The van der Waals surface area contributed by atoms with Crippen LogP contribution in [0.5, 0.6) is 0 Å². The zero-order chi connectivity index (χ0) is 21.4. The minimum atomic E-state index is -4.44. The maximum Gasteiger partial charge on any atom is 0.416 e. The van der Waals surface area contributed by atoms with E-state index in [1.54, 1.807) is 17.7 Å². The third-order valence-corrected chi connectivity index (χ3v) is 5.91. The molecule has 29 heavy (non-hydrogen) atoms. The van der Waals surface area contributed by atoms with Gasteiger partial charge < -0.3 is 9.88 Å². The van der Waals surface area contributed by atoms with E-state index in [4.69, 9.17) is 5.14 Å². The first-order valence-corrected chi connectivity index (χ1v) is 10.6. The van der Waals surface area contributed by atoms with E-state index in [0.717, 1.165) is 23.9 Å². The number of imidazole rings is 1. The minimum absolute atomic E-state index is 0.0414. The smallest absolute Gasteiger partial charge is 0.325 e. The summed E-state index contributed by atoms with van der Waals surface area (Å²) in [6, 6.07) is 8.40. The van der Waals surface area contributed by atoms with Crippen LogP contribution in [0.3, 0.4) is 0 Å². The van der Waals surface area contributed by atoms with Gasteiger partial charge >= 0.3 is 6.18 Å². The molecule has 3 aromatic rings. The summed E-state index contributed by atoms with van der Waals surface area (Å²) in [6.07, 6.45) is -4.44. The molecule has 3 rings (SSSR count). The molecule has 154 valence electrons. The number of halogens is 3. The Kier molecular flexibility index (Phi) is 5.61. The van der Waals surface area contributed by atoms with E-state index in [2.05, 4.69) is 10.3 Å². The van der Waals surface area contributed by atoms with Crippen LogP contribution in [0.4, 0.5) is 18.9 Å². The van der Waals surface area contributed by atoms with Crippen molar-refractivity contribution >= 4 is 44.4 Å². The number of hydrogen-bond donors (Lipinski definition) is 2. The SMILES string of the molecule is Cn1c(SCC(=O)Nc2ccc(C(F)(F)F)cc2)nc2cc(S(N)(=O)=O)ccc21. The third-order valence-electron chi connectivity index (χ3n) is 3.97. The number of carbonyl (C=O) groups excluding carboxylic acids is 1. The molecule has 0 saturated carbocycles. The Labute approximate surface area is 168 Å². The lowest BCUT2D eigenvalue weighted by Gasteiger charge is -2.08. The number of rotatable bonds is 5. The Bertz CT molecular complexity index is 1170. The van der Waals surface area contributed by atoms with Crippen LogP contribution < -0.4 is 10.5 Å². The van der Waals surface area contributed by atoms with Crippen LogP contribution in [0.2, 0.25) is 0 Å². The maximum absolute atomic E-state index is 12.6. The molecule has 0 radical (unpaired) electrons. The first kappa shape index (κ1) is 21.1. The summed E-state index contributed by atoms with van der Waals surface area (Å²) < 4.78 is 62.3. The maximum atomic E-state index is 12.6. The second-order valence-corrected chi connectivity index (χ2v) is 8.56. The number of nitrogens with one attached hydrogen (secondary N) is 1. The highest BCUT2D eigenvalue weighted by Crippen LogP contribution is 2.30. The summed E-state index contributed by atoms with van der Waals surface area (Å²) in [5.74, 6) is -0.465. The monoisotopic (exact) mass is 444 g/mol. The fourth-order valence-electron chi connectivity index (χ4n) is 2.53. The number of thioether (sulfide) groups is 1. The highest BCUT2D eigenvalue weighted by atomic mass is 32.2. The fourth-order valence-corrected chi connectivity index (χ4v) is 3.85. The number of hydrogen-bond acceptors (Lipinski definition) is 5. The molecule has 3 N–H and O–H groups in total. The molecule has 0 bridgehead atoms. The number of nitrogens with zero attached hydrogens (tertiary/aromatic N) is 2. The van der Waals surface area contributed by atoms with Crippen molar-refractivity contribution in [3.63, 3.8) is 0 Å². The van der Waals surface area contributed by atoms with Crippen molar-refractivity contribution in [2.24, 2.45) is 12.2 Å². The van der Waals surface area contributed by atoms with Crippen LogP contribution >= 0.6 is 11.8 Å². The molecule has 0 fully saturated rings. The number of sulfonamides is 1. The molecule has 0 aliphatic heterocycles. The van der Waals surface area contributed by atoms with Gasteiger partial charge in [-0.15, -0.1) is 0 Å². The predicted octanol–water partition coefficient (Wildman–Crippen LogP) is 2.97. The van der Waals surface area contributed by atoms with Gasteiger partial charge in [-0.2, -0.15) is 13.2 Å². The van der Waals surface area contributed by atoms with Crippen molar-refractivity contribution in [3.8, 4) is 0 Å². The average Bonchev–Trinajstić information content (AvgIpc) is 2.94. The average molecular weight is 444 g/mol. The van der Waals surface area contributed by atoms with Gasteiger partial charge in [0.2, 0.25) is 15.9 Å². The summed E-state index contributed by atoms with van der Waals surface area (Å²) >= 11 is 1.10. The molecule has 1 amide bonds. The number of nitrogens with two attached hydrogens (primary N) is 1. The zero-order valence-corrected chi connectivity index (χ0v) is 16.5. The van der Waals surface area contributed by atoms with Gasteiger partial charge in [-0.05, 0) is 42.5 Å². The summed E-state index contributed by atoms with van der Waals surface area (Å²) in [7, 11) is -2.15. The summed E-state index contributed by atoms with van der Waals surface area (Å²) in [4.78, 5) is 16.3. The Morgan fingerprint density at radius 2 is 1.86 bits per heavy atom. The van der Waals surface area contributed by atoms with Crippen LogP contribution in [0.1, 0.15) is 5.56 Å². The molecule has 0 aliphatic rings. The zero-order valence-electron chi connectivity index (χ0n) is 14.9. The molecule has 12 heteroatoms. The second kappa shape index (κ2) is 7.69. The van der Waals surface area contributed by atoms with Crippen LogP contribution in [0.15, 0.2) is 52.5 Å². The van der Waals surface area contributed by atoms with E-state index in [9.17, 15) is 26.4 Å². The molecule has 2 aromatic carbocycles. The van der Waals surface area contributed by atoms with E-state index in [1.165, 1.54) is 24.3 Å². The normalized spacial score (nSPS) is 12.3.